The van der Waals surface area contributed by atoms with Gasteiger partial charge in [0, 0.05) is 6.92 Å². The van der Waals surface area contributed by atoms with Gasteiger partial charge in [-0.2, -0.15) is 0 Å². The Labute approximate surface area is 76.6 Å². The normalized spacial score (nSPS) is 33.5. The summed E-state index contributed by atoms with van der Waals surface area (Å²) in [5.41, 5.74) is 0. The second-order valence-electron chi connectivity index (χ2n) is 3.70. The summed E-state index contributed by atoms with van der Waals surface area (Å²) in [6, 6.07) is -0.662. The Morgan fingerprint density at radius 3 is 2.77 bits per heavy atom. The molecule has 72 valence electrons. The number of carboxylic acids is 1. The van der Waals surface area contributed by atoms with E-state index >= 15 is 0 Å². The fraction of sp³-hybridized carbons (Fsp3) is 0.778. The Hall–Kier alpha value is -1.06. The summed E-state index contributed by atoms with van der Waals surface area (Å²) >= 11 is 0. The maximum Gasteiger partial charge on any atom is 0.332 e. The summed E-state index contributed by atoms with van der Waals surface area (Å²) < 4.78 is 5.41. The van der Waals surface area contributed by atoms with Gasteiger partial charge in [0.25, 0.3) is 0 Å². The van der Waals surface area contributed by atoms with Gasteiger partial charge in [0.1, 0.15) is 6.10 Å². The Bertz CT molecular complexity index is 258. The van der Waals surface area contributed by atoms with E-state index in [0.717, 1.165) is 12.8 Å². The van der Waals surface area contributed by atoms with Gasteiger partial charge < -0.3 is 9.84 Å². The SMILES string of the molecule is CC1=NC(C(=O)O)C(C2CCC2)O1. The number of hydrogen-bond acceptors (Lipinski definition) is 3. The number of carbonyl (C=O) groups is 1. The van der Waals surface area contributed by atoms with E-state index in [1.807, 2.05) is 0 Å². The average Bonchev–Trinajstić information content (AvgIpc) is 2.27. The standard InChI is InChI=1S/C9H13NO3/c1-5-10-7(9(11)12)8(13-5)6-3-2-4-6/h6-8H,2-4H2,1H3,(H,11,12). The van der Waals surface area contributed by atoms with Crippen LogP contribution >= 0.6 is 0 Å². The third-order valence-electron chi connectivity index (χ3n) is 2.81. The molecule has 1 aliphatic carbocycles. The lowest BCUT2D eigenvalue weighted by molar-refractivity contribution is -0.141. The second-order valence-corrected chi connectivity index (χ2v) is 3.70. The Balaban J connectivity index is 2.07. The highest BCUT2D eigenvalue weighted by molar-refractivity contribution is 5.84. The molecule has 0 aromatic rings. The lowest BCUT2D eigenvalue weighted by atomic mass is 9.79. The molecule has 1 heterocycles. The molecule has 1 aliphatic heterocycles. The number of ether oxygens (including phenoxy) is 1. The van der Waals surface area contributed by atoms with Gasteiger partial charge >= 0.3 is 5.97 Å². The minimum atomic E-state index is -0.867. The first-order chi connectivity index (χ1) is 6.18. The topological polar surface area (TPSA) is 58.9 Å². The number of nitrogens with zero attached hydrogens (tertiary/aromatic N) is 1. The van der Waals surface area contributed by atoms with E-state index in [-0.39, 0.29) is 6.10 Å². The fourth-order valence-electron chi connectivity index (χ4n) is 1.88. The van der Waals surface area contributed by atoms with E-state index in [1.165, 1.54) is 6.42 Å². The van der Waals surface area contributed by atoms with Gasteiger partial charge in [0.2, 0.25) is 0 Å². The molecule has 2 rings (SSSR count). The van der Waals surface area contributed by atoms with E-state index in [0.29, 0.717) is 11.8 Å². The van der Waals surface area contributed by atoms with Gasteiger partial charge in [0.15, 0.2) is 11.9 Å². The lowest BCUT2D eigenvalue weighted by Gasteiger charge is -2.31. The number of hydrogen-bond donors (Lipinski definition) is 1. The van der Waals surface area contributed by atoms with Crippen LogP contribution < -0.4 is 0 Å². The van der Waals surface area contributed by atoms with Gasteiger partial charge in [-0.3, -0.25) is 0 Å². The molecule has 2 aliphatic rings. The average molecular weight is 183 g/mol. The van der Waals surface area contributed by atoms with Crippen molar-refractivity contribution in [3.8, 4) is 0 Å². The third kappa shape index (κ3) is 1.41. The van der Waals surface area contributed by atoms with Crippen LogP contribution in [0.2, 0.25) is 0 Å². The summed E-state index contributed by atoms with van der Waals surface area (Å²) in [6.45, 7) is 1.72. The smallest absolute Gasteiger partial charge is 0.332 e. The molecular weight excluding hydrogens is 170 g/mol. The summed E-state index contributed by atoms with van der Waals surface area (Å²) in [6.07, 6.45) is 3.15. The van der Waals surface area contributed by atoms with Gasteiger partial charge in [-0.15, -0.1) is 0 Å². The summed E-state index contributed by atoms with van der Waals surface area (Å²) in [4.78, 5) is 14.8. The maximum absolute atomic E-state index is 10.8. The van der Waals surface area contributed by atoms with Gasteiger partial charge in [-0.05, 0) is 18.8 Å². The molecule has 13 heavy (non-hydrogen) atoms. The molecule has 0 bridgehead atoms. The van der Waals surface area contributed by atoms with Crippen molar-refractivity contribution in [2.24, 2.45) is 10.9 Å². The van der Waals surface area contributed by atoms with E-state index in [1.54, 1.807) is 6.92 Å². The molecule has 1 saturated carbocycles. The zero-order valence-corrected chi connectivity index (χ0v) is 7.56. The van der Waals surface area contributed by atoms with Crippen LogP contribution in [-0.2, 0) is 9.53 Å². The molecule has 0 amide bonds. The van der Waals surface area contributed by atoms with Crippen LogP contribution in [0.3, 0.4) is 0 Å². The molecule has 1 fully saturated rings. The van der Waals surface area contributed by atoms with Crippen LogP contribution in [0.25, 0.3) is 0 Å². The highest BCUT2D eigenvalue weighted by atomic mass is 16.5. The zero-order valence-electron chi connectivity index (χ0n) is 7.56. The van der Waals surface area contributed by atoms with Crippen molar-refractivity contribution in [1.82, 2.24) is 0 Å². The van der Waals surface area contributed by atoms with E-state index in [9.17, 15) is 4.79 Å². The monoisotopic (exact) mass is 183 g/mol. The number of aliphatic imine (C=N–C) groups is 1. The van der Waals surface area contributed by atoms with Crippen LogP contribution in [0.1, 0.15) is 26.2 Å². The van der Waals surface area contributed by atoms with Crippen LogP contribution in [0.4, 0.5) is 0 Å². The first-order valence-electron chi connectivity index (χ1n) is 4.62. The van der Waals surface area contributed by atoms with Crippen molar-refractivity contribution < 1.29 is 14.6 Å². The van der Waals surface area contributed by atoms with Crippen LogP contribution in [0.5, 0.6) is 0 Å². The van der Waals surface area contributed by atoms with Crippen LogP contribution in [-0.4, -0.2) is 29.1 Å². The van der Waals surface area contributed by atoms with Crippen LogP contribution in [0.15, 0.2) is 4.99 Å². The molecule has 0 spiro atoms. The minimum absolute atomic E-state index is 0.203. The van der Waals surface area contributed by atoms with E-state index in [4.69, 9.17) is 9.84 Å². The minimum Gasteiger partial charge on any atom is -0.480 e. The summed E-state index contributed by atoms with van der Waals surface area (Å²) in [7, 11) is 0. The first-order valence-corrected chi connectivity index (χ1v) is 4.62. The predicted molar refractivity (Wildman–Crippen MR) is 46.7 cm³/mol. The highest BCUT2D eigenvalue weighted by Crippen LogP contribution is 2.35. The largest absolute Gasteiger partial charge is 0.480 e. The Morgan fingerprint density at radius 1 is 1.62 bits per heavy atom. The number of rotatable bonds is 2. The molecule has 0 aromatic carbocycles. The summed E-state index contributed by atoms with van der Waals surface area (Å²) in [5, 5.41) is 8.88. The zero-order chi connectivity index (χ0) is 9.42. The van der Waals surface area contributed by atoms with Crippen molar-refractivity contribution in [2.75, 3.05) is 0 Å². The van der Waals surface area contributed by atoms with Crippen molar-refractivity contribution in [2.45, 2.75) is 38.3 Å². The van der Waals surface area contributed by atoms with Gasteiger partial charge in [0.05, 0.1) is 0 Å². The molecule has 0 aromatic heterocycles. The van der Waals surface area contributed by atoms with Crippen molar-refractivity contribution in [1.29, 1.82) is 0 Å². The molecule has 1 N–H and O–H groups in total. The van der Waals surface area contributed by atoms with Crippen LogP contribution in [0, 0.1) is 5.92 Å². The van der Waals surface area contributed by atoms with Crippen molar-refractivity contribution >= 4 is 11.9 Å². The Kier molecular flexibility index (Phi) is 1.98. The molecule has 4 heteroatoms. The molecule has 2 unspecified atom stereocenters. The predicted octanol–water partition coefficient (Wildman–Crippen LogP) is 1.06. The number of carboxylic acid groups (broad SMARTS) is 1. The quantitative estimate of drug-likeness (QED) is 0.696. The third-order valence-corrected chi connectivity index (χ3v) is 2.81. The maximum atomic E-state index is 10.8. The summed E-state index contributed by atoms with van der Waals surface area (Å²) in [5.74, 6) is 0.0559. The second kappa shape index (κ2) is 3.01. The first kappa shape index (κ1) is 8.53. The lowest BCUT2D eigenvalue weighted by Crippen LogP contribution is -2.39. The van der Waals surface area contributed by atoms with Gasteiger partial charge in [-0.25, -0.2) is 9.79 Å². The molecule has 0 radical (unpaired) electrons. The molecule has 2 atom stereocenters. The fourth-order valence-corrected chi connectivity index (χ4v) is 1.88. The number of aliphatic carboxylic acids is 1. The molecular formula is C9H13NO3. The van der Waals surface area contributed by atoms with Crippen molar-refractivity contribution in [3.05, 3.63) is 0 Å². The van der Waals surface area contributed by atoms with Crippen molar-refractivity contribution in [3.63, 3.8) is 0 Å². The molecule has 0 saturated heterocycles. The Morgan fingerprint density at radius 2 is 2.31 bits per heavy atom. The molecule has 4 nitrogen and oxygen atoms in total. The van der Waals surface area contributed by atoms with E-state index in [2.05, 4.69) is 4.99 Å². The van der Waals surface area contributed by atoms with E-state index < -0.39 is 12.0 Å². The van der Waals surface area contributed by atoms with Gasteiger partial charge in [-0.1, -0.05) is 6.42 Å². The highest BCUT2D eigenvalue weighted by Gasteiger charge is 2.42.